The van der Waals surface area contributed by atoms with Gasteiger partial charge in [0, 0.05) is 75.7 Å². The average Bonchev–Trinajstić information content (AvgIpc) is 4.18. The van der Waals surface area contributed by atoms with Crippen molar-refractivity contribution in [2.45, 2.75) is 31.7 Å². The third kappa shape index (κ3) is 10.4. The molecule has 5 N–H and O–H groups in total. The van der Waals surface area contributed by atoms with Crippen LogP contribution in [0, 0.1) is 17.2 Å². The van der Waals surface area contributed by atoms with E-state index in [0.717, 1.165) is 12.2 Å². The van der Waals surface area contributed by atoms with E-state index in [0.29, 0.717) is 109 Å². The minimum Gasteiger partial charge on any atom is -0.495 e. The number of pyridine rings is 3. The van der Waals surface area contributed by atoms with Crippen molar-refractivity contribution in [3.05, 3.63) is 121 Å². The molecule has 2 saturated heterocycles. The van der Waals surface area contributed by atoms with Gasteiger partial charge in [-0.25, -0.2) is 14.4 Å². The van der Waals surface area contributed by atoms with Crippen LogP contribution in [-0.2, 0) is 19.2 Å². The highest BCUT2D eigenvalue weighted by Gasteiger charge is 2.56. The van der Waals surface area contributed by atoms with Gasteiger partial charge in [-0.05, 0) is 110 Å². The van der Waals surface area contributed by atoms with Gasteiger partial charge in [0.1, 0.15) is 46.0 Å². The van der Waals surface area contributed by atoms with Gasteiger partial charge < -0.3 is 40.5 Å². The summed E-state index contributed by atoms with van der Waals surface area (Å²) in [4.78, 5) is 82.2. The van der Waals surface area contributed by atoms with Gasteiger partial charge in [0.15, 0.2) is 0 Å². The van der Waals surface area contributed by atoms with Gasteiger partial charge in [-0.2, -0.15) is 4.39 Å². The maximum absolute atomic E-state index is 15.2. The molecule has 6 aromatic rings. The number of amides is 5. The van der Waals surface area contributed by atoms with Gasteiger partial charge in [-0.15, -0.1) is 0 Å². The highest BCUT2D eigenvalue weighted by atomic mass is 19.1. The maximum atomic E-state index is 15.2. The molecule has 1 aliphatic carbocycles. The zero-order chi connectivity index (χ0) is 48.9. The second-order valence-corrected chi connectivity index (χ2v) is 17.2. The smallest absolute Gasteiger partial charge is 0.274 e. The van der Waals surface area contributed by atoms with Crippen LogP contribution < -0.4 is 45.9 Å². The van der Waals surface area contributed by atoms with Crippen molar-refractivity contribution in [1.29, 1.82) is 0 Å². The Bertz CT molecular complexity index is 2950. The number of halogens is 2. The molecule has 70 heavy (non-hydrogen) atoms. The molecule has 9 rings (SSSR count). The van der Waals surface area contributed by atoms with Crippen LogP contribution in [0.2, 0.25) is 0 Å². The van der Waals surface area contributed by atoms with E-state index in [1.165, 1.54) is 31.4 Å². The molecule has 3 fully saturated rings. The molecule has 20 heteroatoms. The van der Waals surface area contributed by atoms with E-state index in [9.17, 15) is 28.4 Å². The van der Waals surface area contributed by atoms with Gasteiger partial charge >= 0.3 is 0 Å². The number of rotatable bonds is 16. The van der Waals surface area contributed by atoms with Crippen LogP contribution in [0.25, 0.3) is 10.9 Å². The predicted octanol–water partition coefficient (Wildman–Crippen LogP) is 6.19. The Morgan fingerprint density at radius 1 is 0.829 bits per heavy atom. The lowest BCUT2D eigenvalue weighted by molar-refractivity contribution is -0.134. The highest BCUT2D eigenvalue weighted by molar-refractivity contribution is 6.17. The predicted molar refractivity (Wildman–Crippen MR) is 258 cm³/mol. The van der Waals surface area contributed by atoms with Gasteiger partial charge in [0.25, 0.3) is 5.91 Å². The van der Waals surface area contributed by atoms with E-state index in [1.54, 1.807) is 91.1 Å². The van der Waals surface area contributed by atoms with Crippen molar-refractivity contribution in [3.63, 3.8) is 0 Å². The minimum absolute atomic E-state index is 0.187. The van der Waals surface area contributed by atoms with E-state index < -0.39 is 46.9 Å². The maximum Gasteiger partial charge on any atom is 0.274 e. The summed E-state index contributed by atoms with van der Waals surface area (Å²) in [5.74, 6) is -1.49. The number of hydrogen-bond donors (Lipinski definition) is 5. The number of hydrogen-bond acceptors (Lipinski definition) is 14. The van der Waals surface area contributed by atoms with Crippen LogP contribution >= 0.6 is 0 Å². The normalized spacial score (nSPS) is 16.5. The Hall–Kier alpha value is -8.26. The first-order valence-electron chi connectivity index (χ1n) is 22.7. The van der Waals surface area contributed by atoms with Crippen molar-refractivity contribution in [1.82, 2.24) is 25.2 Å². The summed E-state index contributed by atoms with van der Waals surface area (Å²) in [6, 6.07) is 23.3. The second kappa shape index (κ2) is 20.1. The first kappa shape index (κ1) is 46.8. The first-order chi connectivity index (χ1) is 33.8. The van der Waals surface area contributed by atoms with E-state index in [4.69, 9.17) is 9.47 Å². The number of piperazine rings is 1. The van der Waals surface area contributed by atoms with Gasteiger partial charge in [-0.1, -0.05) is 0 Å². The third-order valence-electron chi connectivity index (χ3n) is 12.7. The van der Waals surface area contributed by atoms with E-state index in [2.05, 4.69) is 46.4 Å². The van der Waals surface area contributed by atoms with Crippen LogP contribution in [0.3, 0.4) is 0 Å². The lowest BCUT2D eigenvalue weighted by Crippen LogP contribution is -2.51. The molecule has 18 nitrogen and oxygen atoms in total. The number of imide groups is 1. The lowest BCUT2D eigenvalue weighted by atomic mass is 10.0. The summed E-state index contributed by atoms with van der Waals surface area (Å²) in [6.45, 7) is 3.98. The molecule has 3 aliphatic rings. The largest absolute Gasteiger partial charge is 0.495 e. The number of fused-ring (bicyclic) bond motifs is 1. The molecule has 2 aliphatic heterocycles. The molecule has 0 radical (unpaired) electrons. The highest BCUT2D eigenvalue weighted by Crippen LogP contribution is 2.47. The van der Waals surface area contributed by atoms with Crippen molar-refractivity contribution in [2.24, 2.45) is 5.41 Å². The molecule has 1 saturated carbocycles. The number of piperidine rings is 1. The molecule has 3 aromatic heterocycles. The summed E-state index contributed by atoms with van der Waals surface area (Å²) in [5.41, 5.74) is 1.89. The van der Waals surface area contributed by atoms with E-state index in [1.807, 2.05) is 4.90 Å². The topological polar surface area (TPSA) is 212 Å². The van der Waals surface area contributed by atoms with Crippen molar-refractivity contribution in [3.8, 4) is 17.2 Å². The summed E-state index contributed by atoms with van der Waals surface area (Å²) < 4.78 is 40.4. The van der Waals surface area contributed by atoms with Gasteiger partial charge in [0.2, 0.25) is 29.6 Å². The number of benzene rings is 3. The Balaban J connectivity index is 0.740. The molecule has 0 bridgehead atoms. The quantitative estimate of drug-likeness (QED) is 0.0416. The van der Waals surface area contributed by atoms with Crippen LogP contribution in [0.15, 0.2) is 103 Å². The first-order valence-corrected chi connectivity index (χ1v) is 22.7. The Morgan fingerprint density at radius 3 is 2.17 bits per heavy atom. The molecule has 3 aromatic carbocycles. The van der Waals surface area contributed by atoms with Crippen LogP contribution in [0.4, 0.5) is 43.0 Å². The number of methoxy groups -OCH3 is 1. The zero-order valence-electron chi connectivity index (χ0n) is 38.3. The Morgan fingerprint density at radius 2 is 1.53 bits per heavy atom. The van der Waals surface area contributed by atoms with Crippen LogP contribution in [0.1, 0.15) is 36.2 Å². The lowest BCUT2D eigenvalue weighted by Gasteiger charge is -2.36. The number of carbonyl (C=O) groups excluding carboxylic acids is 5. The number of nitrogens with one attached hydrogen (secondary N) is 5. The van der Waals surface area contributed by atoms with Crippen molar-refractivity contribution >= 4 is 74.7 Å². The van der Waals surface area contributed by atoms with Crippen LogP contribution in [0.5, 0.6) is 17.2 Å². The molecule has 360 valence electrons. The van der Waals surface area contributed by atoms with E-state index >= 15 is 4.39 Å². The monoisotopic (exact) mass is 953 g/mol. The minimum atomic E-state index is -1.21. The number of aromatic nitrogens is 3. The molecule has 1 atom stereocenters. The van der Waals surface area contributed by atoms with Gasteiger partial charge in [-0.3, -0.25) is 39.2 Å². The average molecular weight is 954 g/mol. The molecule has 0 spiro atoms. The van der Waals surface area contributed by atoms with Gasteiger partial charge in [0.05, 0.1) is 35.9 Å². The number of carbonyl (C=O) groups is 5. The Kier molecular flexibility index (Phi) is 13.5. The summed E-state index contributed by atoms with van der Waals surface area (Å²) >= 11 is 0. The molecular formula is C50H49F2N11O7. The number of likely N-dealkylation sites (N-methyl/N-ethyl adjacent to an activating group) is 1. The molecule has 5 amide bonds. The van der Waals surface area contributed by atoms with Crippen molar-refractivity contribution < 1.29 is 42.2 Å². The molecule has 5 heterocycles. The molecular weight excluding hydrogens is 905 g/mol. The number of nitrogens with zero attached hydrogens (tertiary/aromatic N) is 6. The fourth-order valence-corrected chi connectivity index (χ4v) is 8.40. The van der Waals surface area contributed by atoms with Crippen molar-refractivity contribution in [2.75, 3.05) is 84.5 Å². The number of ether oxygens (including phenoxy) is 2. The standard InChI is InChI=1S/C50H49F2N11O7/c1-61(40-14-16-44(64)60-47(40)66)43-15-13-39(45(52)59-43)63-25-23-62(24-26-63)22-21-53-33-9-12-36(55-29-33)46(65)58-38-28-37-35(27-42(38)69-2)41(17-20-54-37)70-34-10-7-32(8-11-34)57-49(68)50(18-19-50)48(67)56-31-5-3-30(51)4-6-31/h3-13,15,17,20,27-29,40,53H,14,16,18-19,21-26H2,1-2H3,(H,56,67)(H,57,68)(H,58,65)(H,60,64,66). The SMILES string of the molecule is COc1cc2c(Oc3ccc(NC(=O)C4(C(=O)Nc5ccc(F)cc5)CC4)cc3)ccnc2cc1NC(=O)c1ccc(NCCN2CCN(c3ccc(N(C)C4CCC(=O)NC4=O)nc3F)CC2)cn1. The fourth-order valence-electron chi connectivity index (χ4n) is 8.40. The second-order valence-electron chi connectivity index (χ2n) is 17.2. The summed E-state index contributed by atoms with van der Waals surface area (Å²) in [5, 5.41) is 14.7. The van der Waals surface area contributed by atoms with E-state index in [-0.39, 0.29) is 18.0 Å². The zero-order valence-corrected chi connectivity index (χ0v) is 38.3. The number of anilines is 6. The fraction of sp³-hybridized carbons (Fsp3) is 0.280. The Labute approximate surface area is 400 Å². The van der Waals surface area contributed by atoms with Crippen LogP contribution in [-0.4, -0.2) is 109 Å². The summed E-state index contributed by atoms with van der Waals surface area (Å²) in [6.07, 6.45) is 4.52. The third-order valence-corrected chi connectivity index (χ3v) is 12.7. The molecule has 1 unspecified atom stereocenters. The summed E-state index contributed by atoms with van der Waals surface area (Å²) in [7, 11) is 3.15.